The molecule has 0 aliphatic carbocycles. The smallest absolute Gasteiger partial charge is 0.317 e. The van der Waals surface area contributed by atoms with Crippen molar-refractivity contribution in [3.8, 4) is 11.7 Å². The van der Waals surface area contributed by atoms with Gasteiger partial charge in [0.15, 0.2) is 17.1 Å². The second-order valence-electron chi connectivity index (χ2n) is 6.60. The van der Waals surface area contributed by atoms with Crippen LogP contribution < -0.4 is 10.6 Å². The minimum atomic E-state index is -0.541. The van der Waals surface area contributed by atoms with Gasteiger partial charge in [-0.25, -0.2) is 0 Å². The van der Waals surface area contributed by atoms with Crippen molar-refractivity contribution >= 4 is 29.0 Å². The van der Waals surface area contributed by atoms with Crippen LogP contribution in [0.2, 0.25) is 5.22 Å². The standard InChI is InChI=1S/C22H16ClN5O2/c1-13-20(26-22-28-27-21(30-22)17-11-12-18(23)29-17)25-19(14-7-3-2-4-8-14)15-9-5-6-10-16(15)24-13/h2-12,20,24H,1H2,(H,26,28). The van der Waals surface area contributed by atoms with Gasteiger partial charge in [0.05, 0.1) is 11.4 Å². The first-order valence-corrected chi connectivity index (χ1v) is 9.59. The molecule has 1 atom stereocenters. The molecule has 0 spiro atoms. The van der Waals surface area contributed by atoms with E-state index in [0.29, 0.717) is 11.5 Å². The summed E-state index contributed by atoms with van der Waals surface area (Å²) in [7, 11) is 0. The third-order valence-electron chi connectivity index (χ3n) is 4.58. The lowest BCUT2D eigenvalue weighted by molar-refractivity contribution is 0.521. The molecule has 0 saturated carbocycles. The van der Waals surface area contributed by atoms with Crippen LogP contribution in [0.5, 0.6) is 0 Å². The van der Waals surface area contributed by atoms with E-state index in [1.165, 1.54) is 0 Å². The molecule has 4 aromatic rings. The molecule has 0 radical (unpaired) electrons. The number of fused-ring (bicyclic) bond motifs is 1. The number of aliphatic imine (C=N–C) groups is 1. The van der Waals surface area contributed by atoms with E-state index < -0.39 is 6.17 Å². The van der Waals surface area contributed by atoms with Crippen LogP contribution in [0, 0.1) is 0 Å². The van der Waals surface area contributed by atoms with Gasteiger partial charge in [0.1, 0.15) is 0 Å². The molecule has 2 aromatic carbocycles. The van der Waals surface area contributed by atoms with Crippen LogP contribution >= 0.6 is 11.6 Å². The number of aromatic nitrogens is 2. The SMILES string of the molecule is C=C1Nc2ccccc2C(c2ccccc2)=NC1Nc1nnc(-c2ccc(Cl)o2)o1. The number of benzodiazepines with no additional fused rings is 1. The van der Waals surface area contributed by atoms with E-state index >= 15 is 0 Å². The Morgan fingerprint density at radius 1 is 0.933 bits per heavy atom. The van der Waals surface area contributed by atoms with Crippen molar-refractivity contribution in [3.05, 3.63) is 95.4 Å². The molecule has 2 aromatic heterocycles. The zero-order valence-corrected chi connectivity index (χ0v) is 16.4. The molecule has 7 nitrogen and oxygen atoms in total. The van der Waals surface area contributed by atoms with Gasteiger partial charge in [-0.05, 0) is 29.8 Å². The largest absolute Gasteiger partial charge is 0.440 e. The van der Waals surface area contributed by atoms with Gasteiger partial charge in [-0.2, -0.15) is 0 Å². The molecule has 0 amide bonds. The number of hydrogen-bond acceptors (Lipinski definition) is 7. The molecule has 0 bridgehead atoms. The van der Waals surface area contributed by atoms with Crippen LogP contribution in [0.25, 0.3) is 11.7 Å². The highest BCUT2D eigenvalue weighted by molar-refractivity contribution is 6.28. The number of nitrogens with zero attached hydrogens (tertiary/aromatic N) is 3. The van der Waals surface area contributed by atoms with Crippen LogP contribution in [-0.2, 0) is 0 Å². The van der Waals surface area contributed by atoms with Crippen molar-refractivity contribution < 1.29 is 8.83 Å². The van der Waals surface area contributed by atoms with Gasteiger partial charge in [0, 0.05) is 16.8 Å². The van der Waals surface area contributed by atoms with Crippen molar-refractivity contribution in [3.63, 3.8) is 0 Å². The number of hydrogen-bond donors (Lipinski definition) is 2. The quantitative estimate of drug-likeness (QED) is 0.474. The Hall–Kier alpha value is -3.84. The van der Waals surface area contributed by atoms with Crippen molar-refractivity contribution in [2.24, 2.45) is 4.99 Å². The van der Waals surface area contributed by atoms with Gasteiger partial charge in [-0.3, -0.25) is 4.99 Å². The predicted molar refractivity (Wildman–Crippen MR) is 116 cm³/mol. The lowest BCUT2D eigenvalue weighted by Crippen LogP contribution is -2.23. The minimum absolute atomic E-state index is 0.188. The fraction of sp³-hybridized carbons (Fsp3) is 0.0455. The van der Waals surface area contributed by atoms with Crippen molar-refractivity contribution in [2.75, 3.05) is 10.6 Å². The Kier molecular flexibility index (Phi) is 4.57. The van der Waals surface area contributed by atoms with Gasteiger partial charge in [0.25, 0.3) is 5.89 Å². The molecule has 1 aliphatic heterocycles. The van der Waals surface area contributed by atoms with E-state index in [-0.39, 0.29) is 17.1 Å². The average molecular weight is 418 g/mol. The van der Waals surface area contributed by atoms with Crippen molar-refractivity contribution in [1.82, 2.24) is 10.2 Å². The molecule has 0 fully saturated rings. The van der Waals surface area contributed by atoms with E-state index in [1.807, 2.05) is 54.6 Å². The monoisotopic (exact) mass is 417 g/mol. The van der Waals surface area contributed by atoms with Crippen LogP contribution in [0.15, 0.2) is 92.8 Å². The molecule has 5 rings (SSSR count). The third kappa shape index (κ3) is 3.46. The Morgan fingerprint density at radius 3 is 2.53 bits per heavy atom. The molecule has 148 valence electrons. The number of nitrogens with one attached hydrogen (secondary N) is 2. The first-order valence-electron chi connectivity index (χ1n) is 9.21. The Labute approximate surface area is 177 Å². The Balaban J connectivity index is 1.51. The number of furan rings is 1. The van der Waals surface area contributed by atoms with Crippen LogP contribution in [0.1, 0.15) is 11.1 Å². The minimum Gasteiger partial charge on any atom is -0.440 e. The van der Waals surface area contributed by atoms with Crippen molar-refractivity contribution in [1.29, 1.82) is 0 Å². The summed E-state index contributed by atoms with van der Waals surface area (Å²) in [5, 5.41) is 14.8. The van der Waals surface area contributed by atoms with Crippen molar-refractivity contribution in [2.45, 2.75) is 6.17 Å². The lowest BCUT2D eigenvalue weighted by Gasteiger charge is -2.15. The van der Waals surface area contributed by atoms with E-state index in [0.717, 1.165) is 22.5 Å². The van der Waals surface area contributed by atoms with Gasteiger partial charge in [-0.15, -0.1) is 5.10 Å². The van der Waals surface area contributed by atoms with Gasteiger partial charge >= 0.3 is 6.01 Å². The molecular formula is C22H16ClN5O2. The summed E-state index contributed by atoms with van der Waals surface area (Å²) in [5.41, 5.74) is 4.36. The zero-order valence-electron chi connectivity index (χ0n) is 15.7. The normalized spacial score (nSPS) is 15.7. The lowest BCUT2D eigenvalue weighted by atomic mass is 10.0. The van der Waals surface area contributed by atoms with E-state index in [9.17, 15) is 0 Å². The summed E-state index contributed by atoms with van der Waals surface area (Å²) >= 11 is 5.82. The zero-order chi connectivity index (χ0) is 20.5. The number of halogens is 1. The molecule has 2 N–H and O–H groups in total. The fourth-order valence-corrected chi connectivity index (χ4v) is 3.34. The van der Waals surface area contributed by atoms with Crippen LogP contribution in [0.3, 0.4) is 0 Å². The topological polar surface area (TPSA) is 88.5 Å². The summed E-state index contributed by atoms with van der Waals surface area (Å²) in [6.07, 6.45) is -0.541. The molecule has 8 heteroatoms. The predicted octanol–water partition coefficient (Wildman–Crippen LogP) is 5.20. The maximum Gasteiger partial charge on any atom is 0.317 e. The van der Waals surface area contributed by atoms with E-state index in [4.69, 9.17) is 25.4 Å². The summed E-state index contributed by atoms with van der Waals surface area (Å²) in [4.78, 5) is 4.92. The second-order valence-corrected chi connectivity index (χ2v) is 6.98. The van der Waals surface area contributed by atoms with Gasteiger partial charge < -0.3 is 19.5 Å². The highest BCUT2D eigenvalue weighted by Crippen LogP contribution is 2.29. The molecule has 1 unspecified atom stereocenters. The van der Waals surface area contributed by atoms with E-state index in [1.54, 1.807) is 12.1 Å². The maximum atomic E-state index is 5.82. The third-order valence-corrected chi connectivity index (χ3v) is 4.79. The first kappa shape index (κ1) is 18.2. The van der Waals surface area contributed by atoms with Gasteiger partial charge in [-0.1, -0.05) is 60.2 Å². The number of para-hydroxylation sites is 1. The average Bonchev–Trinajstić information content (AvgIpc) is 3.38. The number of benzene rings is 2. The fourth-order valence-electron chi connectivity index (χ4n) is 3.19. The Bertz CT molecular complexity index is 1250. The first-order chi connectivity index (χ1) is 14.7. The van der Waals surface area contributed by atoms with Crippen LogP contribution in [0.4, 0.5) is 11.7 Å². The molecule has 30 heavy (non-hydrogen) atoms. The van der Waals surface area contributed by atoms with Crippen LogP contribution in [-0.4, -0.2) is 22.1 Å². The summed E-state index contributed by atoms with van der Waals surface area (Å²) in [5.74, 6) is 0.603. The van der Waals surface area contributed by atoms with Gasteiger partial charge in [0.2, 0.25) is 0 Å². The Morgan fingerprint density at radius 2 is 1.73 bits per heavy atom. The molecule has 1 aliphatic rings. The van der Waals surface area contributed by atoms with E-state index in [2.05, 4.69) is 27.4 Å². The summed E-state index contributed by atoms with van der Waals surface area (Å²) < 4.78 is 11.0. The molecular weight excluding hydrogens is 402 g/mol. The molecule has 0 saturated heterocycles. The maximum absolute atomic E-state index is 5.82. The highest BCUT2D eigenvalue weighted by Gasteiger charge is 2.23. The number of rotatable bonds is 4. The second kappa shape index (κ2) is 7.53. The number of anilines is 2. The summed E-state index contributed by atoms with van der Waals surface area (Å²) in [6.45, 7) is 4.14. The summed E-state index contributed by atoms with van der Waals surface area (Å²) in [6, 6.07) is 21.4. The molecule has 3 heterocycles. The highest BCUT2D eigenvalue weighted by atomic mass is 35.5.